The molecule has 1 heterocycles. The number of aromatic nitrogens is 1. The minimum atomic E-state index is -3.75. The van der Waals surface area contributed by atoms with E-state index in [0.29, 0.717) is 16.2 Å². The summed E-state index contributed by atoms with van der Waals surface area (Å²) in [6.45, 7) is 5.68. The fourth-order valence-corrected chi connectivity index (χ4v) is 6.56. The largest absolute Gasteiger partial charge is 0.391 e. The monoisotopic (exact) mass is 648 g/mol. The maximum absolute atomic E-state index is 13.7. The molecule has 0 unspecified atom stereocenters. The van der Waals surface area contributed by atoms with Crippen molar-refractivity contribution in [2.24, 2.45) is 0 Å². The number of benzene rings is 3. The number of para-hydroxylation sites is 1. The first kappa shape index (κ1) is 34.1. The molecule has 0 spiro atoms. The summed E-state index contributed by atoms with van der Waals surface area (Å²) in [6.07, 6.45) is 0.286. The van der Waals surface area contributed by atoms with Gasteiger partial charge in [0.1, 0.15) is 6.04 Å². The number of carbonyl (C=O) groups is 2. The van der Waals surface area contributed by atoms with Crippen LogP contribution in [0.15, 0.2) is 96.0 Å². The van der Waals surface area contributed by atoms with E-state index >= 15 is 0 Å². The molecule has 3 atom stereocenters. The van der Waals surface area contributed by atoms with Crippen LogP contribution in [0.5, 0.6) is 0 Å². The molecular weight excluding hydrogens is 609 g/mol. The molecule has 0 aliphatic rings. The summed E-state index contributed by atoms with van der Waals surface area (Å²) in [7, 11) is -3.75. The number of fused-ring (bicyclic) bond motifs is 1. The third-order valence-electron chi connectivity index (χ3n) is 6.91. The van der Waals surface area contributed by atoms with Crippen LogP contribution in [0.3, 0.4) is 0 Å². The van der Waals surface area contributed by atoms with Crippen molar-refractivity contribution in [2.75, 3.05) is 12.0 Å². The zero-order valence-corrected chi connectivity index (χ0v) is 27.5. The lowest BCUT2D eigenvalue weighted by molar-refractivity contribution is -0.123. The molecule has 4 N–H and O–H groups in total. The number of aliphatic hydroxyl groups is 1. The number of thioether (sulfide) groups is 1. The lowest BCUT2D eigenvalue weighted by Crippen LogP contribution is -2.54. The number of nitrogens with one attached hydrogen (secondary N) is 3. The quantitative estimate of drug-likeness (QED) is 0.160. The van der Waals surface area contributed by atoms with Crippen molar-refractivity contribution >= 4 is 44.5 Å². The lowest BCUT2D eigenvalue weighted by atomic mass is 9.93. The first-order valence-electron chi connectivity index (χ1n) is 14.7. The third-order valence-corrected chi connectivity index (χ3v) is 8.65. The number of hydrogen-bond donors (Lipinski definition) is 4. The molecule has 1 aromatic heterocycles. The number of hydrogen-bond acceptors (Lipinski definition) is 7. The van der Waals surface area contributed by atoms with Gasteiger partial charge in [-0.3, -0.25) is 9.59 Å². The zero-order valence-electron chi connectivity index (χ0n) is 25.9. The highest BCUT2D eigenvalue weighted by Crippen LogP contribution is 2.22. The number of rotatable bonds is 13. The minimum Gasteiger partial charge on any atom is -0.391 e. The standard InChI is InChI=1S/C34H40N4O5S2/c1-34(2,3)37-32(40)26-16-10-8-15-25(26)21-30(39)28(20-23-12-6-5-7-13-23)36-33(41)29(38-45(4,42)43)22-44-31-19-18-24-14-9-11-17-27(24)35-31/h5-19,28-30,38-39H,20-22H2,1-4H3,(H,36,41)(H,37,40)/t28-,29-,30+/m0/s1. The van der Waals surface area contributed by atoms with E-state index in [-0.39, 0.29) is 24.5 Å². The van der Waals surface area contributed by atoms with Gasteiger partial charge in [-0.25, -0.2) is 18.1 Å². The van der Waals surface area contributed by atoms with Crippen LogP contribution in [0.2, 0.25) is 0 Å². The van der Waals surface area contributed by atoms with E-state index in [2.05, 4.69) is 20.3 Å². The second-order valence-corrected chi connectivity index (χ2v) is 14.9. The highest BCUT2D eigenvalue weighted by atomic mass is 32.2. The van der Waals surface area contributed by atoms with E-state index in [1.165, 1.54) is 11.8 Å². The number of nitrogens with zero attached hydrogens (tertiary/aromatic N) is 1. The molecule has 0 aliphatic heterocycles. The minimum absolute atomic E-state index is 0.0776. The molecule has 0 fully saturated rings. The Labute approximate surface area is 269 Å². The summed E-state index contributed by atoms with van der Waals surface area (Å²) in [5, 5.41) is 19.0. The summed E-state index contributed by atoms with van der Waals surface area (Å²) in [5.41, 5.74) is 2.29. The average molecular weight is 649 g/mol. The fourth-order valence-electron chi connectivity index (χ4n) is 4.85. The highest BCUT2D eigenvalue weighted by molar-refractivity contribution is 7.99. The van der Waals surface area contributed by atoms with Gasteiger partial charge in [0.25, 0.3) is 5.91 Å². The summed E-state index contributed by atoms with van der Waals surface area (Å²) in [6, 6.07) is 25.9. The van der Waals surface area contributed by atoms with Gasteiger partial charge in [-0.15, -0.1) is 11.8 Å². The Balaban J connectivity index is 1.55. The molecule has 0 aliphatic carbocycles. The van der Waals surface area contributed by atoms with Crippen LogP contribution in [-0.4, -0.2) is 66.1 Å². The van der Waals surface area contributed by atoms with Gasteiger partial charge in [-0.2, -0.15) is 0 Å². The number of sulfonamides is 1. The third kappa shape index (κ3) is 10.7. The van der Waals surface area contributed by atoms with Crippen LogP contribution >= 0.6 is 11.8 Å². The van der Waals surface area contributed by atoms with Crippen molar-refractivity contribution < 1.29 is 23.1 Å². The van der Waals surface area contributed by atoms with Gasteiger partial charge < -0.3 is 15.7 Å². The Morgan fingerprint density at radius 3 is 2.27 bits per heavy atom. The van der Waals surface area contributed by atoms with Crippen molar-refractivity contribution in [1.82, 2.24) is 20.3 Å². The van der Waals surface area contributed by atoms with Crippen molar-refractivity contribution in [3.63, 3.8) is 0 Å². The predicted molar refractivity (Wildman–Crippen MR) is 180 cm³/mol. The molecule has 4 aromatic rings. The van der Waals surface area contributed by atoms with Gasteiger partial charge in [0.15, 0.2) is 0 Å². The van der Waals surface area contributed by atoms with E-state index < -0.39 is 39.7 Å². The summed E-state index contributed by atoms with van der Waals surface area (Å²) in [5.74, 6) is -0.757. The predicted octanol–water partition coefficient (Wildman–Crippen LogP) is 4.10. The van der Waals surface area contributed by atoms with E-state index in [1.807, 2.05) is 87.5 Å². The van der Waals surface area contributed by atoms with E-state index in [4.69, 9.17) is 0 Å². The first-order valence-corrected chi connectivity index (χ1v) is 17.5. The lowest BCUT2D eigenvalue weighted by Gasteiger charge is -2.28. The van der Waals surface area contributed by atoms with Crippen LogP contribution in [0, 0.1) is 0 Å². The zero-order chi connectivity index (χ0) is 32.6. The second kappa shape index (κ2) is 15.0. The molecule has 0 saturated carbocycles. The van der Waals surface area contributed by atoms with Crippen LogP contribution in [0.1, 0.15) is 42.3 Å². The number of carbonyl (C=O) groups excluding carboxylic acids is 2. The summed E-state index contributed by atoms with van der Waals surface area (Å²) in [4.78, 5) is 31.4. The average Bonchev–Trinajstić information content (AvgIpc) is 2.98. The molecule has 0 radical (unpaired) electrons. The molecule has 0 saturated heterocycles. The Hall–Kier alpha value is -3.77. The Kier molecular flexibility index (Phi) is 11.4. The van der Waals surface area contributed by atoms with Gasteiger partial charge in [0, 0.05) is 28.7 Å². The molecule has 45 heavy (non-hydrogen) atoms. The Bertz CT molecular complexity index is 1730. The van der Waals surface area contributed by atoms with Gasteiger partial charge >= 0.3 is 0 Å². The molecule has 0 bridgehead atoms. The Morgan fingerprint density at radius 1 is 0.889 bits per heavy atom. The SMILES string of the molecule is CC(C)(C)NC(=O)c1ccccc1C[C@@H](O)[C@H](Cc1ccccc1)NC(=O)[C@H](CSc1ccc2ccccc2n1)NS(C)(=O)=O. The van der Waals surface area contributed by atoms with E-state index in [1.54, 1.807) is 24.3 Å². The summed E-state index contributed by atoms with van der Waals surface area (Å²) < 4.78 is 27.0. The number of amides is 2. The van der Waals surface area contributed by atoms with Crippen LogP contribution < -0.4 is 15.4 Å². The van der Waals surface area contributed by atoms with Crippen LogP contribution in [0.4, 0.5) is 0 Å². The number of pyridine rings is 1. The molecular formula is C34H40N4O5S2. The van der Waals surface area contributed by atoms with E-state index in [9.17, 15) is 23.1 Å². The highest BCUT2D eigenvalue weighted by Gasteiger charge is 2.29. The van der Waals surface area contributed by atoms with Crippen LogP contribution in [0.25, 0.3) is 10.9 Å². The maximum atomic E-state index is 13.7. The van der Waals surface area contributed by atoms with Crippen molar-refractivity contribution in [3.8, 4) is 0 Å². The first-order chi connectivity index (χ1) is 21.3. The molecule has 3 aromatic carbocycles. The molecule has 2 amide bonds. The van der Waals surface area contributed by atoms with E-state index in [0.717, 1.165) is 22.7 Å². The maximum Gasteiger partial charge on any atom is 0.251 e. The second-order valence-electron chi connectivity index (χ2n) is 12.0. The fraction of sp³-hybridized carbons (Fsp3) is 0.324. The Morgan fingerprint density at radius 2 is 1.56 bits per heavy atom. The topological polar surface area (TPSA) is 137 Å². The van der Waals surface area contributed by atoms with Gasteiger partial charge in [-0.05, 0) is 56.5 Å². The van der Waals surface area contributed by atoms with Crippen molar-refractivity contribution in [3.05, 3.63) is 108 Å². The molecule has 238 valence electrons. The van der Waals surface area contributed by atoms with Crippen molar-refractivity contribution in [2.45, 2.75) is 62.4 Å². The van der Waals surface area contributed by atoms with Crippen LogP contribution in [-0.2, 0) is 27.7 Å². The number of aliphatic hydroxyl groups excluding tert-OH is 1. The summed E-state index contributed by atoms with van der Waals surface area (Å²) >= 11 is 1.26. The van der Waals surface area contributed by atoms with Gasteiger partial charge in [0.2, 0.25) is 15.9 Å². The molecule has 9 nitrogen and oxygen atoms in total. The van der Waals surface area contributed by atoms with Crippen molar-refractivity contribution in [1.29, 1.82) is 0 Å². The smallest absolute Gasteiger partial charge is 0.251 e. The normalized spacial score (nSPS) is 14.0. The van der Waals surface area contributed by atoms with Gasteiger partial charge in [-0.1, -0.05) is 72.8 Å². The molecule has 4 rings (SSSR count). The molecule has 11 heteroatoms. The van der Waals surface area contributed by atoms with Gasteiger partial charge in [0.05, 0.1) is 28.9 Å².